The lowest BCUT2D eigenvalue weighted by atomic mass is 10.1. The number of hydrogen-bond donors (Lipinski definition) is 1. The molecule has 0 aliphatic heterocycles. The number of carbonyl (C=O) groups is 1. The Hall–Kier alpha value is -0.960. The van der Waals surface area contributed by atoms with Gasteiger partial charge in [-0.1, -0.05) is 24.3 Å². The Morgan fingerprint density at radius 2 is 1.86 bits per heavy atom. The van der Waals surface area contributed by atoms with E-state index in [1.165, 1.54) is 12.7 Å². The van der Waals surface area contributed by atoms with Crippen LogP contribution in [0.1, 0.15) is 11.1 Å². The Balaban J connectivity index is 2.59. The molecule has 3 heteroatoms. The maximum atomic E-state index is 11.0. The molecule has 0 N–H and O–H groups in total. The van der Waals surface area contributed by atoms with Crippen molar-refractivity contribution in [2.75, 3.05) is 12.9 Å². The van der Waals surface area contributed by atoms with Crippen LogP contribution in [0.5, 0.6) is 0 Å². The van der Waals surface area contributed by atoms with Gasteiger partial charge in [-0.15, -0.1) is 0 Å². The molecule has 0 heterocycles. The Morgan fingerprint density at radius 1 is 1.29 bits per heavy atom. The third kappa shape index (κ3) is 3.42. The van der Waals surface area contributed by atoms with Crippen molar-refractivity contribution in [3.8, 4) is 0 Å². The fraction of sp³-hybridized carbons (Fsp3) is 0.364. The SMILES string of the molecule is COC(=O)Cc1ccc(CCS)cc1. The molecule has 2 nitrogen and oxygen atoms in total. The number of benzene rings is 1. The van der Waals surface area contributed by atoms with Gasteiger partial charge in [0.2, 0.25) is 0 Å². The molecular weight excluding hydrogens is 196 g/mol. The van der Waals surface area contributed by atoms with Crippen LogP contribution in [0.15, 0.2) is 24.3 Å². The van der Waals surface area contributed by atoms with Crippen molar-refractivity contribution in [1.82, 2.24) is 0 Å². The molecule has 1 rings (SSSR count). The largest absolute Gasteiger partial charge is 0.469 e. The minimum atomic E-state index is -0.202. The van der Waals surface area contributed by atoms with Crippen LogP contribution in [-0.2, 0) is 22.4 Å². The van der Waals surface area contributed by atoms with Gasteiger partial charge in [0.05, 0.1) is 13.5 Å². The van der Waals surface area contributed by atoms with Crippen LogP contribution in [0.2, 0.25) is 0 Å². The molecule has 1 aromatic carbocycles. The standard InChI is InChI=1S/C11H14O2S/c1-13-11(12)8-10-4-2-9(3-5-10)6-7-14/h2-5,14H,6-8H2,1H3. The van der Waals surface area contributed by atoms with E-state index in [2.05, 4.69) is 17.4 Å². The molecule has 14 heavy (non-hydrogen) atoms. The third-order valence-corrected chi connectivity index (χ3v) is 2.22. The fourth-order valence-corrected chi connectivity index (χ4v) is 1.45. The second-order valence-electron chi connectivity index (χ2n) is 3.04. The Morgan fingerprint density at radius 3 is 2.36 bits per heavy atom. The van der Waals surface area contributed by atoms with Gasteiger partial charge in [-0.2, -0.15) is 12.6 Å². The second-order valence-corrected chi connectivity index (χ2v) is 3.49. The molecule has 0 aliphatic rings. The number of carbonyl (C=O) groups excluding carboxylic acids is 1. The fourth-order valence-electron chi connectivity index (χ4n) is 1.19. The smallest absolute Gasteiger partial charge is 0.309 e. The maximum Gasteiger partial charge on any atom is 0.309 e. The van der Waals surface area contributed by atoms with E-state index < -0.39 is 0 Å². The second kappa shape index (κ2) is 5.70. The van der Waals surface area contributed by atoms with E-state index >= 15 is 0 Å². The average molecular weight is 210 g/mol. The lowest BCUT2D eigenvalue weighted by Crippen LogP contribution is -2.04. The summed E-state index contributed by atoms with van der Waals surface area (Å²) in [6.07, 6.45) is 1.30. The van der Waals surface area contributed by atoms with E-state index in [1.807, 2.05) is 24.3 Å². The molecule has 0 spiro atoms. The van der Waals surface area contributed by atoms with Crippen LogP contribution >= 0.6 is 12.6 Å². The van der Waals surface area contributed by atoms with Crippen molar-refractivity contribution >= 4 is 18.6 Å². The third-order valence-electron chi connectivity index (χ3n) is 2.00. The van der Waals surface area contributed by atoms with Crippen LogP contribution < -0.4 is 0 Å². The molecule has 0 fully saturated rings. The first-order valence-electron chi connectivity index (χ1n) is 4.51. The first-order chi connectivity index (χ1) is 6.76. The predicted molar refractivity (Wildman–Crippen MR) is 59.7 cm³/mol. The number of methoxy groups -OCH3 is 1. The van der Waals surface area contributed by atoms with Gasteiger partial charge < -0.3 is 4.74 Å². The quantitative estimate of drug-likeness (QED) is 0.606. The molecule has 0 aliphatic carbocycles. The van der Waals surface area contributed by atoms with E-state index in [0.29, 0.717) is 6.42 Å². The van der Waals surface area contributed by atoms with Crippen molar-refractivity contribution in [3.05, 3.63) is 35.4 Å². The van der Waals surface area contributed by atoms with Gasteiger partial charge in [0.1, 0.15) is 0 Å². The first-order valence-corrected chi connectivity index (χ1v) is 5.15. The van der Waals surface area contributed by atoms with Crippen LogP contribution in [0.25, 0.3) is 0 Å². The summed E-state index contributed by atoms with van der Waals surface area (Å²) in [5.74, 6) is 0.642. The molecule has 0 saturated heterocycles. The van der Waals surface area contributed by atoms with Gasteiger partial charge >= 0.3 is 5.97 Å². The van der Waals surface area contributed by atoms with Crippen LogP contribution in [-0.4, -0.2) is 18.8 Å². The van der Waals surface area contributed by atoms with Crippen molar-refractivity contribution in [2.45, 2.75) is 12.8 Å². The van der Waals surface area contributed by atoms with Crippen molar-refractivity contribution in [1.29, 1.82) is 0 Å². The van der Waals surface area contributed by atoms with Gasteiger partial charge in [-0.05, 0) is 23.3 Å². The number of esters is 1. The molecule has 0 aromatic heterocycles. The number of aryl methyl sites for hydroxylation is 1. The highest BCUT2D eigenvalue weighted by molar-refractivity contribution is 7.80. The molecular formula is C11H14O2S. The zero-order valence-electron chi connectivity index (χ0n) is 8.19. The van der Waals surface area contributed by atoms with Gasteiger partial charge in [0.25, 0.3) is 0 Å². The molecule has 0 unspecified atom stereocenters. The minimum Gasteiger partial charge on any atom is -0.469 e. The zero-order valence-corrected chi connectivity index (χ0v) is 9.09. The number of hydrogen-bond acceptors (Lipinski definition) is 3. The van der Waals surface area contributed by atoms with E-state index in [1.54, 1.807) is 0 Å². The van der Waals surface area contributed by atoms with E-state index in [0.717, 1.165) is 17.7 Å². The lowest BCUT2D eigenvalue weighted by Gasteiger charge is -2.01. The normalized spacial score (nSPS) is 9.86. The molecule has 0 saturated carbocycles. The highest BCUT2D eigenvalue weighted by Crippen LogP contribution is 2.06. The Bertz CT molecular complexity index is 293. The van der Waals surface area contributed by atoms with Crippen LogP contribution in [0.4, 0.5) is 0 Å². The molecule has 0 atom stereocenters. The van der Waals surface area contributed by atoms with Crippen molar-refractivity contribution in [2.24, 2.45) is 0 Å². The maximum absolute atomic E-state index is 11.0. The van der Waals surface area contributed by atoms with Gasteiger partial charge in [-0.25, -0.2) is 0 Å². The highest BCUT2D eigenvalue weighted by Gasteiger charge is 2.01. The summed E-state index contributed by atoms with van der Waals surface area (Å²) in [7, 11) is 1.40. The summed E-state index contributed by atoms with van der Waals surface area (Å²) in [6, 6.07) is 7.95. The molecule has 76 valence electrons. The monoisotopic (exact) mass is 210 g/mol. The number of thiol groups is 1. The van der Waals surface area contributed by atoms with Crippen LogP contribution in [0.3, 0.4) is 0 Å². The number of rotatable bonds is 4. The summed E-state index contributed by atoms with van der Waals surface area (Å²) >= 11 is 4.15. The van der Waals surface area contributed by atoms with E-state index in [9.17, 15) is 4.79 Å². The van der Waals surface area contributed by atoms with Gasteiger partial charge in [-0.3, -0.25) is 4.79 Å². The van der Waals surface area contributed by atoms with E-state index in [-0.39, 0.29) is 5.97 Å². The summed E-state index contributed by atoms with van der Waals surface area (Å²) in [5.41, 5.74) is 2.23. The summed E-state index contributed by atoms with van der Waals surface area (Å²) in [4.78, 5) is 11.0. The molecule has 0 bridgehead atoms. The molecule has 0 radical (unpaired) electrons. The van der Waals surface area contributed by atoms with Gasteiger partial charge in [0, 0.05) is 0 Å². The van der Waals surface area contributed by atoms with Gasteiger partial charge in [0.15, 0.2) is 0 Å². The number of ether oxygens (including phenoxy) is 1. The zero-order chi connectivity index (χ0) is 10.4. The topological polar surface area (TPSA) is 26.3 Å². The molecule has 0 amide bonds. The Kier molecular flexibility index (Phi) is 4.53. The first kappa shape index (κ1) is 11.1. The van der Waals surface area contributed by atoms with Crippen molar-refractivity contribution < 1.29 is 9.53 Å². The van der Waals surface area contributed by atoms with Crippen molar-refractivity contribution in [3.63, 3.8) is 0 Å². The summed E-state index contributed by atoms with van der Waals surface area (Å²) in [6.45, 7) is 0. The average Bonchev–Trinajstić information content (AvgIpc) is 2.21. The lowest BCUT2D eigenvalue weighted by molar-refractivity contribution is -0.139. The summed E-state index contributed by atoms with van der Waals surface area (Å²) in [5, 5.41) is 0. The Labute approximate surface area is 89.7 Å². The molecule has 1 aromatic rings. The predicted octanol–water partition coefficient (Wildman–Crippen LogP) is 1.87. The summed E-state index contributed by atoms with van der Waals surface area (Å²) < 4.78 is 4.58. The minimum absolute atomic E-state index is 0.202. The van der Waals surface area contributed by atoms with Crippen LogP contribution in [0, 0.1) is 0 Å². The highest BCUT2D eigenvalue weighted by atomic mass is 32.1. The van der Waals surface area contributed by atoms with E-state index in [4.69, 9.17) is 0 Å².